The molecule has 0 bridgehead atoms. The molecular weight excluding hydrogens is 232 g/mol. The zero-order chi connectivity index (χ0) is 13.3. The number of aromatic nitrogens is 2. The molecule has 1 aliphatic heterocycles. The zero-order valence-corrected chi connectivity index (χ0v) is 10.9. The number of nitrogen functional groups attached to an aromatic ring is 1. The van der Waals surface area contributed by atoms with Gasteiger partial charge in [-0.15, -0.1) is 0 Å². The first-order valence-corrected chi connectivity index (χ1v) is 6.27. The lowest BCUT2D eigenvalue weighted by atomic mass is 9.94. The lowest BCUT2D eigenvalue weighted by Crippen LogP contribution is -2.45. The predicted molar refractivity (Wildman–Crippen MR) is 68.1 cm³/mol. The van der Waals surface area contributed by atoms with E-state index in [0.717, 1.165) is 0 Å². The summed E-state index contributed by atoms with van der Waals surface area (Å²) in [5, 5.41) is 14.0. The fraction of sp³-hybridized carbons (Fsp3) is 0.667. The number of hydrogen-bond donors (Lipinski definition) is 2. The Morgan fingerprint density at radius 3 is 2.67 bits per heavy atom. The number of hydrogen-bond acceptors (Lipinski definition) is 4. The lowest BCUT2D eigenvalue weighted by Gasteiger charge is -2.35. The van der Waals surface area contributed by atoms with Crippen LogP contribution in [0.3, 0.4) is 0 Å². The molecular formula is C12H20N4O2. The molecule has 100 valence electrons. The van der Waals surface area contributed by atoms with Gasteiger partial charge in [0.2, 0.25) is 0 Å². The van der Waals surface area contributed by atoms with Crippen molar-refractivity contribution < 1.29 is 9.90 Å². The van der Waals surface area contributed by atoms with Gasteiger partial charge in [-0.25, -0.2) is 0 Å². The Morgan fingerprint density at radius 2 is 2.17 bits per heavy atom. The van der Waals surface area contributed by atoms with Crippen molar-refractivity contribution in [1.29, 1.82) is 0 Å². The highest BCUT2D eigenvalue weighted by Gasteiger charge is 2.31. The third kappa shape index (κ3) is 2.48. The summed E-state index contributed by atoms with van der Waals surface area (Å²) in [4.78, 5) is 14.0. The third-order valence-electron chi connectivity index (χ3n) is 3.44. The molecule has 0 aromatic carbocycles. The van der Waals surface area contributed by atoms with E-state index in [1.165, 1.54) is 0 Å². The average molecular weight is 252 g/mol. The maximum absolute atomic E-state index is 12.2. The van der Waals surface area contributed by atoms with E-state index in [1.807, 2.05) is 6.92 Å². The number of amides is 1. The van der Waals surface area contributed by atoms with Crippen LogP contribution < -0.4 is 5.73 Å². The summed E-state index contributed by atoms with van der Waals surface area (Å²) in [6.07, 6.45) is 2.85. The van der Waals surface area contributed by atoms with Crippen LogP contribution in [0.4, 0.5) is 5.69 Å². The van der Waals surface area contributed by atoms with Crippen LogP contribution in [0.5, 0.6) is 0 Å². The second-order valence-electron chi connectivity index (χ2n) is 5.08. The van der Waals surface area contributed by atoms with Gasteiger partial charge >= 0.3 is 0 Å². The smallest absolute Gasteiger partial charge is 0.276 e. The second kappa shape index (κ2) is 4.61. The standard InChI is InChI=1S/C12H20N4O2/c1-3-16-8-9(13)10(14-16)11(17)15-6-4-12(2,18)5-7-15/h8,18H,3-7,13H2,1-2H3. The van der Waals surface area contributed by atoms with Crippen molar-refractivity contribution in [3.63, 3.8) is 0 Å². The Balaban J connectivity index is 2.10. The molecule has 6 nitrogen and oxygen atoms in total. The summed E-state index contributed by atoms with van der Waals surface area (Å²) in [5.74, 6) is -0.143. The highest BCUT2D eigenvalue weighted by atomic mass is 16.3. The first kappa shape index (κ1) is 12.9. The molecule has 3 N–H and O–H groups in total. The number of rotatable bonds is 2. The first-order chi connectivity index (χ1) is 8.43. The number of nitrogens with two attached hydrogens (primary N) is 1. The molecule has 1 amide bonds. The average Bonchev–Trinajstić information content (AvgIpc) is 2.70. The number of piperidine rings is 1. The molecule has 0 unspecified atom stereocenters. The summed E-state index contributed by atoms with van der Waals surface area (Å²) in [7, 11) is 0. The number of carbonyl (C=O) groups is 1. The van der Waals surface area contributed by atoms with E-state index >= 15 is 0 Å². The molecule has 0 radical (unpaired) electrons. The van der Waals surface area contributed by atoms with E-state index in [4.69, 9.17) is 5.73 Å². The Hall–Kier alpha value is -1.56. The summed E-state index contributed by atoms with van der Waals surface area (Å²) < 4.78 is 1.66. The number of aliphatic hydroxyl groups is 1. The minimum Gasteiger partial charge on any atom is -0.396 e. The third-order valence-corrected chi connectivity index (χ3v) is 3.44. The fourth-order valence-corrected chi connectivity index (χ4v) is 2.11. The largest absolute Gasteiger partial charge is 0.396 e. The maximum Gasteiger partial charge on any atom is 0.276 e. The van der Waals surface area contributed by atoms with Gasteiger partial charge in [0, 0.05) is 25.8 Å². The Morgan fingerprint density at radius 1 is 1.56 bits per heavy atom. The summed E-state index contributed by atoms with van der Waals surface area (Å²) >= 11 is 0. The predicted octanol–water partition coefficient (Wildman–Crippen LogP) is 0.472. The van der Waals surface area contributed by atoms with Gasteiger partial charge in [0.15, 0.2) is 5.69 Å². The second-order valence-corrected chi connectivity index (χ2v) is 5.08. The van der Waals surface area contributed by atoms with Crippen LogP contribution in [0.2, 0.25) is 0 Å². The number of anilines is 1. The van der Waals surface area contributed by atoms with Crippen molar-refractivity contribution in [3.8, 4) is 0 Å². The molecule has 0 saturated carbocycles. The molecule has 1 aliphatic rings. The fourth-order valence-electron chi connectivity index (χ4n) is 2.11. The monoisotopic (exact) mass is 252 g/mol. The van der Waals surface area contributed by atoms with Gasteiger partial charge < -0.3 is 15.7 Å². The van der Waals surface area contributed by atoms with Gasteiger partial charge in [0.25, 0.3) is 5.91 Å². The normalized spacial score (nSPS) is 18.9. The van der Waals surface area contributed by atoms with Crippen molar-refractivity contribution >= 4 is 11.6 Å². The number of carbonyl (C=O) groups excluding carboxylic acids is 1. The van der Waals surface area contributed by atoms with E-state index in [9.17, 15) is 9.90 Å². The van der Waals surface area contributed by atoms with Crippen molar-refractivity contribution in [2.24, 2.45) is 0 Å². The van der Waals surface area contributed by atoms with Gasteiger partial charge in [-0.1, -0.05) is 0 Å². The van der Waals surface area contributed by atoms with Crippen LogP contribution in [0.25, 0.3) is 0 Å². The van der Waals surface area contributed by atoms with E-state index < -0.39 is 5.60 Å². The molecule has 2 heterocycles. The molecule has 1 fully saturated rings. The first-order valence-electron chi connectivity index (χ1n) is 6.27. The van der Waals surface area contributed by atoms with Crippen molar-refractivity contribution in [2.45, 2.75) is 38.8 Å². The highest BCUT2D eigenvalue weighted by Crippen LogP contribution is 2.23. The minimum absolute atomic E-state index is 0.143. The molecule has 18 heavy (non-hydrogen) atoms. The van der Waals surface area contributed by atoms with Crippen LogP contribution >= 0.6 is 0 Å². The Bertz CT molecular complexity index is 443. The summed E-state index contributed by atoms with van der Waals surface area (Å²) in [5.41, 5.74) is 5.87. The summed E-state index contributed by atoms with van der Waals surface area (Å²) in [6, 6.07) is 0. The molecule has 6 heteroatoms. The SMILES string of the molecule is CCn1cc(N)c(C(=O)N2CCC(C)(O)CC2)n1. The molecule has 2 rings (SSSR count). The Kier molecular flexibility index (Phi) is 3.30. The van der Waals surface area contributed by atoms with Crippen molar-refractivity contribution in [2.75, 3.05) is 18.8 Å². The van der Waals surface area contributed by atoms with Crippen LogP contribution in [0.1, 0.15) is 37.2 Å². The lowest BCUT2D eigenvalue weighted by molar-refractivity contribution is -0.00218. The van der Waals surface area contributed by atoms with E-state index in [2.05, 4.69) is 5.10 Å². The van der Waals surface area contributed by atoms with Crippen LogP contribution in [0.15, 0.2) is 6.20 Å². The maximum atomic E-state index is 12.2. The van der Waals surface area contributed by atoms with Crippen molar-refractivity contribution in [1.82, 2.24) is 14.7 Å². The minimum atomic E-state index is -0.662. The van der Waals surface area contributed by atoms with Gasteiger partial charge in [0.1, 0.15) is 0 Å². The van der Waals surface area contributed by atoms with Gasteiger partial charge in [-0.3, -0.25) is 9.48 Å². The topological polar surface area (TPSA) is 84.4 Å². The van der Waals surface area contributed by atoms with Crippen LogP contribution in [0, 0.1) is 0 Å². The van der Waals surface area contributed by atoms with Crippen molar-refractivity contribution in [3.05, 3.63) is 11.9 Å². The molecule has 0 atom stereocenters. The zero-order valence-electron chi connectivity index (χ0n) is 10.9. The van der Waals surface area contributed by atoms with Gasteiger partial charge in [0.05, 0.1) is 11.3 Å². The molecule has 1 aromatic rings. The van der Waals surface area contributed by atoms with Crippen LogP contribution in [-0.4, -0.2) is 44.4 Å². The number of likely N-dealkylation sites (tertiary alicyclic amines) is 1. The Labute approximate surface area is 106 Å². The van der Waals surface area contributed by atoms with Crippen LogP contribution in [-0.2, 0) is 6.54 Å². The molecule has 0 aliphatic carbocycles. The molecule has 1 aromatic heterocycles. The number of aryl methyl sites for hydroxylation is 1. The van der Waals surface area contributed by atoms with E-state index in [-0.39, 0.29) is 5.91 Å². The quantitative estimate of drug-likeness (QED) is 0.801. The highest BCUT2D eigenvalue weighted by molar-refractivity contribution is 5.97. The number of nitrogens with zero attached hydrogens (tertiary/aromatic N) is 3. The molecule has 0 spiro atoms. The summed E-state index contributed by atoms with van der Waals surface area (Å²) in [6.45, 7) is 5.52. The van der Waals surface area contributed by atoms with E-state index in [1.54, 1.807) is 22.7 Å². The molecule has 1 saturated heterocycles. The van der Waals surface area contributed by atoms with Gasteiger partial charge in [-0.2, -0.15) is 5.10 Å². The van der Waals surface area contributed by atoms with Gasteiger partial charge in [-0.05, 0) is 26.7 Å². The van der Waals surface area contributed by atoms with E-state index in [0.29, 0.717) is 43.9 Å².